The highest BCUT2D eigenvalue weighted by Crippen LogP contribution is 2.31. The number of hydrogen-bond donors (Lipinski definition) is 1. The first-order valence-electron chi connectivity index (χ1n) is 11.6. The van der Waals surface area contributed by atoms with E-state index in [1.807, 2.05) is 24.3 Å². The van der Waals surface area contributed by atoms with Crippen molar-refractivity contribution in [1.29, 1.82) is 0 Å². The number of amides is 1. The molecule has 0 saturated carbocycles. The molecule has 0 bridgehead atoms. The number of thiophene rings is 1. The lowest BCUT2D eigenvalue weighted by Gasteiger charge is -2.11. The SMILES string of the molecule is CCOC(=O)c1nn(-c2ccc(C(C)C)cc2)c(=O)c2c(NC(=O)Cc3ccc(OC)cc3)scc12. The maximum Gasteiger partial charge on any atom is 0.359 e. The molecule has 4 aromatic rings. The van der Waals surface area contributed by atoms with Crippen LogP contribution in [-0.2, 0) is 16.0 Å². The van der Waals surface area contributed by atoms with E-state index in [-0.39, 0.29) is 30.0 Å². The summed E-state index contributed by atoms with van der Waals surface area (Å²) in [5.41, 5.74) is 2.01. The molecule has 9 heteroatoms. The van der Waals surface area contributed by atoms with Gasteiger partial charge in [0.1, 0.15) is 10.8 Å². The number of carbonyl (C=O) groups is 2. The highest BCUT2D eigenvalue weighted by atomic mass is 32.1. The molecule has 0 unspecified atom stereocenters. The molecule has 186 valence electrons. The van der Waals surface area contributed by atoms with Crippen molar-refractivity contribution in [3.8, 4) is 11.4 Å². The third-order valence-corrected chi connectivity index (χ3v) is 6.60. The predicted molar refractivity (Wildman–Crippen MR) is 141 cm³/mol. The second-order valence-electron chi connectivity index (χ2n) is 8.46. The number of nitrogens with zero attached hydrogens (tertiary/aromatic N) is 2. The second-order valence-corrected chi connectivity index (χ2v) is 9.34. The highest BCUT2D eigenvalue weighted by molar-refractivity contribution is 7.16. The predicted octanol–water partition coefficient (Wildman–Crippen LogP) is 4.94. The Morgan fingerprint density at radius 2 is 1.78 bits per heavy atom. The summed E-state index contributed by atoms with van der Waals surface area (Å²) in [7, 11) is 1.58. The maximum atomic E-state index is 13.6. The minimum Gasteiger partial charge on any atom is -0.497 e. The van der Waals surface area contributed by atoms with Gasteiger partial charge in [-0.2, -0.15) is 9.78 Å². The van der Waals surface area contributed by atoms with Gasteiger partial charge < -0.3 is 14.8 Å². The summed E-state index contributed by atoms with van der Waals surface area (Å²) in [5.74, 6) is 0.102. The van der Waals surface area contributed by atoms with Crippen molar-refractivity contribution in [2.75, 3.05) is 19.0 Å². The molecule has 0 atom stereocenters. The van der Waals surface area contributed by atoms with E-state index in [1.165, 1.54) is 16.0 Å². The summed E-state index contributed by atoms with van der Waals surface area (Å²) < 4.78 is 11.5. The fraction of sp³-hybridized carbons (Fsp3) is 0.259. The van der Waals surface area contributed by atoms with Crippen molar-refractivity contribution in [3.05, 3.63) is 81.1 Å². The maximum absolute atomic E-state index is 13.6. The number of aromatic nitrogens is 2. The number of rotatable bonds is 8. The number of nitrogens with one attached hydrogen (secondary N) is 1. The van der Waals surface area contributed by atoms with Gasteiger partial charge in [-0.25, -0.2) is 4.79 Å². The van der Waals surface area contributed by atoms with Gasteiger partial charge in [-0.05, 0) is 48.2 Å². The molecule has 2 aromatic carbocycles. The summed E-state index contributed by atoms with van der Waals surface area (Å²) in [6, 6.07) is 14.6. The van der Waals surface area contributed by atoms with Gasteiger partial charge in [0, 0.05) is 10.8 Å². The summed E-state index contributed by atoms with van der Waals surface area (Å²) in [6.07, 6.45) is 0.115. The number of esters is 1. The lowest BCUT2D eigenvalue weighted by molar-refractivity contribution is -0.115. The smallest absolute Gasteiger partial charge is 0.359 e. The van der Waals surface area contributed by atoms with Crippen LogP contribution in [0.4, 0.5) is 5.00 Å². The van der Waals surface area contributed by atoms with Crippen LogP contribution >= 0.6 is 11.3 Å². The van der Waals surface area contributed by atoms with Crippen molar-refractivity contribution in [2.24, 2.45) is 0 Å². The Labute approximate surface area is 212 Å². The number of fused-ring (bicyclic) bond motifs is 1. The van der Waals surface area contributed by atoms with Gasteiger partial charge in [-0.3, -0.25) is 9.59 Å². The number of benzene rings is 2. The molecule has 1 amide bonds. The van der Waals surface area contributed by atoms with Gasteiger partial charge in [0.2, 0.25) is 5.91 Å². The Hall–Kier alpha value is -3.98. The normalized spacial score (nSPS) is 11.0. The Balaban J connectivity index is 1.75. The van der Waals surface area contributed by atoms with E-state index < -0.39 is 11.5 Å². The summed E-state index contributed by atoms with van der Waals surface area (Å²) in [5, 5.41) is 9.75. The molecule has 2 aromatic heterocycles. The quantitative estimate of drug-likeness (QED) is 0.341. The largest absolute Gasteiger partial charge is 0.497 e. The van der Waals surface area contributed by atoms with E-state index in [2.05, 4.69) is 24.3 Å². The van der Waals surface area contributed by atoms with Crippen molar-refractivity contribution in [2.45, 2.75) is 33.1 Å². The van der Waals surface area contributed by atoms with Gasteiger partial charge in [-0.1, -0.05) is 38.1 Å². The van der Waals surface area contributed by atoms with E-state index >= 15 is 0 Å². The van der Waals surface area contributed by atoms with Crippen LogP contribution in [0.25, 0.3) is 16.5 Å². The summed E-state index contributed by atoms with van der Waals surface area (Å²) >= 11 is 1.17. The first kappa shape index (κ1) is 25.1. The molecule has 36 heavy (non-hydrogen) atoms. The van der Waals surface area contributed by atoms with E-state index in [4.69, 9.17) is 9.47 Å². The molecule has 1 N–H and O–H groups in total. The Morgan fingerprint density at radius 1 is 1.08 bits per heavy atom. The molecule has 2 heterocycles. The van der Waals surface area contributed by atoms with Gasteiger partial charge in [0.25, 0.3) is 5.56 Å². The summed E-state index contributed by atoms with van der Waals surface area (Å²) in [4.78, 5) is 39.1. The molecule has 0 saturated heterocycles. The fourth-order valence-corrected chi connectivity index (χ4v) is 4.72. The molecule has 0 aliphatic heterocycles. The molecule has 0 aliphatic carbocycles. The van der Waals surface area contributed by atoms with Gasteiger partial charge in [0.15, 0.2) is 5.69 Å². The van der Waals surface area contributed by atoms with Crippen LogP contribution in [0, 0.1) is 0 Å². The van der Waals surface area contributed by atoms with Crippen molar-refractivity contribution < 1.29 is 19.1 Å². The third kappa shape index (κ3) is 5.16. The third-order valence-electron chi connectivity index (χ3n) is 5.70. The van der Waals surface area contributed by atoms with Crippen molar-refractivity contribution >= 4 is 39.0 Å². The van der Waals surface area contributed by atoms with Crippen LogP contribution in [0.2, 0.25) is 0 Å². The molecule has 4 rings (SSSR count). The van der Waals surface area contributed by atoms with Gasteiger partial charge >= 0.3 is 5.97 Å². The molecular weight excluding hydrogens is 478 g/mol. The molecule has 0 radical (unpaired) electrons. The molecule has 0 aliphatic rings. The zero-order valence-electron chi connectivity index (χ0n) is 20.5. The number of methoxy groups -OCH3 is 1. The molecular formula is C27H27N3O5S. The van der Waals surface area contributed by atoms with E-state index in [0.29, 0.717) is 27.7 Å². The standard InChI is InChI=1S/C27H27N3O5S/c1-5-35-27(33)24-21-15-36-25(28-22(31)14-17-6-12-20(34-4)13-7-17)23(21)26(32)30(29-24)19-10-8-18(9-11-19)16(2)3/h6-13,15-16H,5,14H2,1-4H3,(H,28,31). The average Bonchev–Trinajstić information content (AvgIpc) is 3.28. The minimum absolute atomic E-state index is 0.0197. The average molecular weight is 506 g/mol. The fourth-order valence-electron chi connectivity index (χ4n) is 3.77. The van der Waals surface area contributed by atoms with Crippen LogP contribution in [0.5, 0.6) is 5.75 Å². The number of anilines is 1. The first-order chi connectivity index (χ1) is 17.3. The highest BCUT2D eigenvalue weighted by Gasteiger charge is 2.23. The van der Waals surface area contributed by atoms with Crippen molar-refractivity contribution in [3.63, 3.8) is 0 Å². The Morgan fingerprint density at radius 3 is 2.39 bits per heavy atom. The lowest BCUT2D eigenvalue weighted by atomic mass is 10.0. The Bertz CT molecular complexity index is 1450. The van der Waals surface area contributed by atoms with E-state index in [9.17, 15) is 14.4 Å². The van der Waals surface area contributed by atoms with Crippen molar-refractivity contribution in [1.82, 2.24) is 9.78 Å². The van der Waals surface area contributed by atoms with Gasteiger partial charge in [0.05, 0.1) is 31.2 Å². The monoisotopic (exact) mass is 505 g/mol. The van der Waals surface area contributed by atoms with Crippen LogP contribution in [-0.4, -0.2) is 35.4 Å². The van der Waals surface area contributed by atoms with Crippen LogP contribution < -0.4 is 15.6 Å². The lowest BCUT2D eigenvalue weighted by Crippen LogP contribution is -2.25. The van der Waals surface area contributed by atoms with E-state index in [0.717, 1.165) is 11.1 Å². The molecule has 0 fully saturated rings. The minimum atomic E-state index is -0.635. The van der Waals surface area contributed by atoms with Gasteiger partial charge in [-0.15, -0.1) is 11.3 Å². The first-order valence-corrected chi connectivity index (χ1v) is 12.4. The summed E-state index contributed by atoms with van der Waals surface area (Å²) in [6.45, 7) is 6.03. The van der Waals surface area contributed by atoms with Crippen LogP contribution in [0.1, 0.15) is 48.3 Å². The Kier molecular flexibility index (Phi) is 7.49. The second kappa shape index (κ2) is 10.7. The topological polar surface area (TPSA) is 99.5 Å². The zero-order valence-corrected chi connectivity index (χ0v) is 21.3. The van der Waals surface area contributed by atoms with Crippen LogP contribution in [0.3, 0.4) is 0 Å². The van der Waals surface area contributed by atoms with Crippen LogP contribution in [0.15, 0.2) is 58.7 Å². The van der Waals surface area contributed by atoms with E-state index in [1.54, 1.807) is 43.7 Å². The number of hydrogen-bond acceptors (Lipinski definition) is 7. The number of ether oxygens (including phenoxy) is 2. The molecule has 0 spiro atoms. The molecule has 8 nitrogen and oxygen atoms in total. The zero-order chi connectivity index (χ0) is 25.8. The number of carbonyl (C=O) groups excluding carboxylic acids is 2.